The largest absolute Gasteiger partial charge is 0.0836 e. The summed E-state index contributed by atoms with van der Waals surface area (Å²) in [5.74, 6) is 0. The topological polar surface area (TPSA) is 0 Å². The molecule has 260 valence electrons. The first kappa shape index (κ1) is 32.7. The number of rotatable bonds is 5. The molecule has 0 aromatic heterocycles. The van der Waals surface area contributed by atoms with E-state index in [0.29, 0.717) is 0 Å². The Morgan fingerprint density at radius 2 is 1.09 bits per heavy atom. The second-order valence-corrected chi connectivity index (χ2v) is 15.5. The Morgan fingerprint density at radius 1 is 0.444 bits per heavy atom. The molecule has 10 rings (SSSR count). The van der Waals surface area contributed by atoms with E-state index in [2.05, 4.69) is 172 Å². The molecule has 7 aromatic carbocycles. The average molecular weight is 693 g/mol. The number of allylic oxidation sites excluding steroid dienone is 5. The molecular formula is C54H44. The number of aryl methyl sites for hydroxylation is 1. The Hall–Kier alpha value is -5.98. The molecule has 0 saturated carbocycles. The molecule has 54 heavy (non-hydrogen) atoms. The lowest BCUT2D eigenvalue weighted by Gasteiger charge is -2.24. The van der Waals surface area contributed by atoms with Gasteiger partial charge in [-0.2, -0.15) is 0 Å². The molecule has 3 aliphatic carbocycles. The minimum Gasteiger partial charge on any atom is -0.0836 e. The van der Waals surface area contributed by atoms with Gasteiger partial charge in [-0.3, -0.25) is 0 Å². The second-order valence-electron chi connectivity index (χ2n) is 15.5. The molecule has 0 aliphatic heterocycles. The maximum atomic E-state index is 2.49. The SMILES string of the molecule is CC1=CC=C(c2ccc(-c3cccc4c3=CCCC=4c3ccc(-c4ccc(-c5ccc(C)cc5)c5ccccc45)c4c3C=CCC4)c3ccccc23)CC1. The van der Waals surface area contributed by atoms with Crippen LogP contribution >= 0.6 is 0 Å². The fourth-order valence-corrected chi connectivity index (χ4v) is 9.43. The van der Waals surface area contributed by atoms with Crippen LogP contribution in [0.2, 0.25) is 0 Å². The van der Waals surface area contributed by atoms with Crippen molar-refractivity contribution in [1.29, 1.82) is 0 Å². The van der Waals surface area contributed by atoms with Gasteiger partial charge in [-0.05, 0) is 151 Å². The Bertz CT molecular complexity index is 2870. The Balaban J connectivity index is 1.13. The molecule has 0 heteroatoms. The van der Waals surface area contributed by atoms with Crippen molar-refractivity contribution < 1.29 is 0 Å². The lowest BCUT2D eigenvalue weighted by molar-refractivity contribution is 0.978. The molecule has 0 heterocycles. The second kappa shape index (κ2) is 13.5. The van der Waals surface area contributed by atoms with Crippen molar-refractivity contribution in [2.24, 2.45) is 0 Å². The smallest absolute Gasteiger partial charge is 0.00989 e. The van der Waals surface area contributed by atoms with E-state index in [-0.39, 0.29) is 0 Å². The highest BCUT2D eigenvalue weighted by molar-refractivity contribution is 6.06. The van der Waals surface area contributed by atoms with Crippen LogP contribution in [-0.4, -0.2) is 0 Å². The third-order valence-electron chi connectivity index (χ3n) is 12.2. The lowest BCUT2D eigenvalue weighted by atomic mass is 9.80. The summed E-state index contributed by atoms with van der Waals surface area (Å²) in [6.07, 6.45) is 18.4. The third kappa shape index (κ3) is 5.52. The first-order chi connectivity index (χ1) is 26.6. The van der Waals surface area contributed by atoms with Crippen LogP contribution < -0.4 is 10.4 Å². The lowest BCUT2D eigenvalue weighted by Crippen LogP contribution is -2.32. The number of benzene rings is 7. The predicted molar refractivity (Wildman–Crippen MR) is 233 cm³/mol. The summed E-state index contributed by atoms with van der Waals surface area (Å²) in [5.41, 5.74) is 19.2. The maximum absolute atomic E-state index is 2.49. The van der Waals surface area contributed by atoms with Gasteiger partial charge in [-0.25, -0.2) is 0 Å². The highest BCUT2D eigenvalue weighted by Gasteiger charge is 2.21. The van der Waals surface area contributed by atoms with E-state index in [0.717, 1.165) is 38.5 Å². The van der Waals surface area contributed by atoms with E-state index in [1.807, 2.05) is 0 Å². The molecule has 0 spiro atoms. The van der Waals surface area contributed by atoms with Crippen LogP contribution in [0.4, 0.5) is 0 Å². The minimum absolute atomic E-state index is 1.04. The Morgan fingerprint density at radius 3 is 1.83 bits per heavy atom. The predicted octanol–water partition coefficient (Wildman–Crippen LogP) is 13.2. The zero-order valence-corrected chi connectivity index (χ0v) is 31.3. The molecule has 0 nitrogen and oxygen atoms in total. The summed E-state index contributed by atoms with van der Waals surface area (Å²) in [7, 11) is 0. The van der Waals surface area contributed by atoms with Gasteiger partial charge in [0.25, 0.3) is 0 Å². The van der Waals surface area contributed by atoms with Crippen molar-refractivity contribution in [1.82, 2.24) is 0 Å². The number of fused-ring (bicyclic) bond motifs is 4. The monoisotopic (exact) mass is 692 g/mol. The Labute approximate surface area is 318 Å². The minimum atomic E-state index is 1.04. The summed E-state index contributed by atoms with van der Waals surface area (Å²) < 4.78 is 0. The average Bonchev–Trinajstić information content (AvgIpc) is 3.23. The first-order valence-electron chi connectivity index (χ1n) is 19.8. The van der Waals surface area contributed by atoms with Crippen LogP contribution in [0.25, 0.3) is 78.2 Å². The number of hydrogen-bond donors (Lipinski definition) is 0. The van der Waals surface area contributed by atoms with Gasteiger partial charge >= 0.3 is 0 Å². The van der Waals surface area contributed by atoms with Crippen LogP contribution in [0, 0.1) is 6.92 Å². The summed E-state index contributed by atoms with van der Waals surface area (Å²) in [4.78, 5) is 0. The van der Waals surface area contributed by atoms with Crippen molar-refractivity contribution >= 4 is 44.8 Å². The van der Waals surface area contributed by atoms with Gasteiger partial charge in [-0.15, -0.1) is 0 Å². The van der Waals surface area contributed by atoms with Gasteiger partial charge in [0.15, 0.2) is 0 Å². The molecule has 3 aliphatic rings. The quantitative estimate of drug-likeness (QED) is 0.168. The molecule has 0 N–H and O–H groups in total. The summed E-state index contributed by atoms with van der Waals surface area (Å²) in [5, 5.41) is 8.07. The fourth-order valence-electron chi connectivity index (χ4n) is 9.43. The normalized spacial score (nSPS) is 15.0. The number of hydrogen-bond acceptors (Lipinski definition) is 0. The van der Waals surface area contributed by atoms with Crippen LogP contribution in [0.3, 0.4) is 0 Å². The molecule has 0 unspecified atom stereocenters. The summed E-state index contributed by atoms with van der Waals surface area (Å²) in [6.45, 7) is 4.39. The summed E-state index contributed by atoms with van der Waals surface area (Å²) in [6, 6.07) is 48.3. The van der Waals surface area contributed by atoms with Gasteiger partial charge in [0.05, 0.1) is 0 Å². The van der Waals surface area contributed by atoms with Gasteiger partial charge in [-0.1, -0.05) is 169 Å². The molecule has 0 bridgehead atoms. The van der Waals surface area contributed by atoms with Gasteiger partial charge < -0.3 is 0 Å². The first-order valence-corrected chi connectivity index (χ1v) is 19.8. The maximum Gasteiger partial charge on any atom is -0.00989 e. The van der Waals surface area contributed by atoms with Gasteiger partial charge in [0.2, 0.25) is 0 Å². The van der Waals surface area contributed by atoms with E-state index in [4.69, 9.17) is 0 Å². The third-order valence-corrected chi connectivity index (χ3v) is 12.2. The van der Waals surface area contributed by atoms with Crippen molar-refractivity contribution in [3.8, 4) is 33.4 Å². The standard InChI is InChI=1S/C54H44/c1-35-21-25-37(26-22-35)39-29-31-51(43-13-5-3-11-41(39)43)49-19-9-18-48-47(49)17-10-20-50(48)52-33-34-54(46-16-8-7-15-45(46)52)53-32-30-40(38-27-23-36(2)24-28-38)42-12-4-6-14-44(42)53/h3-7,9,11-15,17-19,21,23-25,27-34H,8,10,16,20,22,26H2,1-2H3. The molecule has 0 fully saturated rings. The van der Waals surface area contributed by atoms with E-state index >= 15 is 0 Å². The van der Waals surface area contributed by atoms with E-state index in [1.54, 1.807) is 0 Å². The highest BCUT2D eigenvalue weighted by atomic mass is 14.3. The summed E-state index contributed by atoms with van der Waals surface area (Å²) >= 11 is 0. The van der Waals surface area contributed by atoms with Crippen molar-refractivity contribution in [3.63, 3.8) is 0 Å². The molecule has 0 amide bonds. The van der Waals surface area contributed by atoms with E-state index in [1.165, 1.54) is 110 Å². The zero-order chi connectivity index (χ0) is 36.2. The van der Waals surface area contributed by atoms with Crippen molar-refractivity contribution in [2.45, 2.75) is 52.4 Å². The van der Waals surface area contributed by atoms with Crippen molar-refractivity contribution in [3.05, 3.63) is 189 Å². The molecule has 7 aromatic rings. The van der Waals surface area contributed by atoms with E-state index < -0.39 is 0 Å². The van der Waals surface area contributed by atoms with E-state index in [9.17, 15) is 0 Å². The van der Waals surface area contributed by atoms with Gasteiger partial charge in [0, 0.05) is 0 Å². The van der Waals surface area contributed by atoms with Gasteiger partial charge in [0.1, 0.15) is 0 Å². The molecule has 0 radical (unpaired) electrons. The highest BCUT2D eigenvalue weighted by Crippen LogP contribution is 2.42. The molecule has 0 atom stereocenters. The van der Waals surface area contributed by atoms with Crippen LogP contribution in [0.5, 0.6) is 0 Å². The molecular weight excluding hydrogens is 649 g/mol. The Kier molecular flexibility index (Phi) is 8.14. The van der Waals surface area contributed by atoms with Crippen LogP contribution in [0.1, 0.15) is 66.8 Å². The van der Waals surface area contributed by atoms with Crippen LogP contribution in [-0.2, 0) is 6.42 Å². The van der Waals surface area contributed by atoms with Crippen LogP contribution in [0.15, 0.2) is 151 Å². The zero-order valence-electron chi connectivity index (χ0n) is 31.3. The molecule has 0 saturated heterocycles. The fraction of sp³-hybridized carbons (Fsp3) is 0.148. The van der Waals surface area contributed by atoms with Crippen molar-refractivity contribution in [2.75, 3.05) is 0 Å².